The molecule has 0 heterocycles. The highest BCUT2D eigenvalue weighted by molar-refractivity contribution is 9.10. The SMILES string of the molecule is O=C(CCl)Cc1ccc(Br)cc1CCl. The topological polar surface area (TPSA) is 17.1 Å². The number of carbonyl (C=O) groups excluding carboxylic acids is 1. The van der Waals surface area contributed by atoms with E-state index in [9.17, 15) is 4.79 Å². The molecule has 0 fully saturated rings. The molecule has 0 bridgehead atoms. The van der Waals surface area contributed by atoms with Gasteiger partial charge in [-0.3, -0.25) is 4.79 Å². The van der Waals surface area contributed by atoms with E-state index in [0.29, 0.717) is 12.3 Å². The Morgan fingerprint density at radius 1 is 1.29 bits per heavy atom. The zero-order chi connectivity index (χ0) is 10.6. The molecule has 0 radical (unpaired) electrons. The van der Waals surface area contributed by atoms with Crippen molar-refractivity contribution >= 4 is 44.9 Å². The minimum Gasteiger partial charge on any atom is -0.298 e. The highest BCUT2D eigenvalue weighted by Gasteiger charge is 2.06. The molecule has 1 nitrogen and oxygen atoms in total. The molecule has 0 atom stereocenters. The van der Waals surface area contributed by atoms with E-state index in [1.54, 1.807) is 0 Å². The van der Waals surface area contributed by atoms with E-state index >= 15 is 0 Å². The molecule has 1 aromatic rings. The number of ketones is 1. The molecule has 0 spiro atoms. The third-order valence-corrected chi connectivity index (χ3v) is 2.93. The monoisotopic (exact) mass is 294 g/mol. The lowest BCUT2D eigenvalue weighted by atomic mass is 10.0. The van der Waals surface area contributed by atoms with E-state index in [-0.39, 0.29) is 11.7 Å². The summed E-state index contributed by atoms with van der Waals surface area (Å²) >= 11 is 14.6. The van der Waals surface area contributed by atoms with Crippen LogP contribution < -0.4 is 0 Å². The van der Waals surface area contributed by atoms with Gasteiger partial charge in [0.25, 0.3) is 0 Å². The molecule has 0 amide bonds. The zero-order valence-electron chi connectivity index (χ0n) is 7.40. The molecule has 0 aromatic heterocycles. The summed E-state index contributed by atoms with van der Waals surface area (Å²) in [6.07, 6.45) is 0.360. The molecule has 0 aliphatic heterocycles. The van der Waals surface area contributed by atoms with E-state index in [0.717, 1.165) is 15.6 Å². The average molecular weight is 296 g/mol. The molecule has 14 heavy (non-hydrogen) atoms. The Morgan fingerprint density at radius 3 is 2.57 bits per heavy atom. The maximum atomic E-state index is 11.1. The fraction of sp³-hybridized carbons (Fsp3) is 0.300. The maximum absolute atomic E-state index is 11.1. The summed E-state index contributed by atoms with van der Waals surface area (Å²) in [7, 11) is 0. The Hall–Kier alpha value is -0.0500. The Labute approximate surface area is 102 Å². The van der Waals surface area contributed by atoms with Crippen molar-refractivity contribution in [3.8, 4) is 0 Å². The largest absolute Gasteiger partial charge is 0.298 e. The fourth-order valence-corrected chi connectivity index (χ4v) is 1.90. The van der Waals surface area contributed by atoms with Gasteiger partial charge in [-0.25, -0.2) is 0 Å². The summed E-state index contributed by atoms with van der Waals surface area (Å²) in [5, 5.41) is 0. The second-order valence-electron chi connectivity index (χ2n) is 2.90. The van der Waals surface area contributed by atoms with E-state index in [2.05, 4.69) is 15.9 Å². The van der Waals surface area contributed by atoms with Gasteiger partial charge in [-0.1, -0.05) is 22.0 Å². The first kappa shape index (κ1) is 12.0. The van der Waals surface area contributed by atoms with Crippen molar-refractivity contribution in [2.75, 3.05) is 5.88 Å². The van der Waals surface area contributed by atoms with E-state index < -0.39 is 0 Å². The summed E-state index contributed by atoms with van der Waals surface area (Å²) in [6, 6.07) is 5.71. The van der Waals surface area contributed by atoms with Gasteiger partial charge in [0, 0.05) is 16.8 Å². The molecule has 0 N–H and O–H groups in total. The molecule has 4 heteroatoms. The van der Waals surface area contributed by atoms with Crippen LogP contribution in [0.25, 0.3) is 0 Å². The summed E-state index contributed by atoms with van der Waals surface area (Å²) in [4.78, 5) is 11.1. The van der Waals surface area contributed by atoms with Crippen LogP contribution in [0.15, 0.2) is 22.7 Å². The summed E-state index contributed by atoms with van der Waals surface area (Å²) in [5.41, 5.74) is 1.92. The first-order valence-electron chi connectivity index (χ1n) is 4.08. The number of hydrogen-bond acceptors (Lipinski definition) is 1. The Kier molecular flexibility index (Phi) is 4.93. The van der Waals surface area contributed by atoms with Crippen LogP contribution in [-0.2, 0) is 17.1 Å². The van der Waals surface area contributed by atoms with Gasteiger partial charge < -0.3 is 0 Å². The van der Waals surface area contributed by atoms with Crippen LogP contribution in [0.2, 0.25) is 0 Å². The lowest BCUT2D eigenvalue weighted by molar-refractivity contribution is -0.116. The van der Waals surface area contributed by atoms with Gasteiger partial charge in [0.1, 0.15) is 0 Å². The predicted octanol–water partition coefficient (Wildman–Crippen LogP) is 3.54. The van der Waals surface area contributed by atoms with Crippen LogP contribution in [0, 0.1) is 0 Å². The standard InChI is InChI=1S/C10H9BrCl2O/c11-9-2-1-7(4-10(14)6-13)8(3-9)5-12/h1-3H,4-6H2. The molecule has 76 valence electrons. The van der Waals surface area contributed by atoms with Gasteiger partial charge in [-0.2, -0.15) is 0 Å². The average Bonchev–Trinajstić information content (AvgIpc) is 2.20. The van der Waals surface area contributed by atoms with Crippen molar-refractivity contribution in [2.24, 2.45) is 0 Å². The fourth-order valence-electron chi connectivity index (χ4n) is 1.15. The molecule has 1 aromatic carbocycles. The van der Waals surface area contributed by atoms with Crippen molar-refractivity contribution in [3.05, 3.63) is 33.8 Å². The van der Waals surface area contributed by atoms with Crippen molar-refractivity contribution in [1.82, 2.24) is 0 Å². The number of rotatable bonds is 4. The summed E-state index contributed by atoms with van der Waals surface area (Å²) in [6.45, 7) is 0. The molecular weight excluding hydrogens is 287 g/mol. The van der Waals surface area contributed by atoms with Crippen LogP contribution >= 0.6 is 39.1 Å². The zero-order valence-corrected chi connectivity index (χ0v) is 10.5. The van der Waals surface area contributed by atoms with Crippen LogP contribution in [0.4, 0.5) is 0 Å². The third kappa shape index (κ3) is 3.26. The van der Waals surface area contributed by atoms with Crippen LogP contribution in [-0.4, -0.2) is 11.7 Å². The van der Waals surface area contributed by atoms with Crippen molar-refractivity contribution < 1.29 is 4.79 Å². The van der Waals surface area contributed by atoms with Gasteiger partial charge in [-0.05, 0) is 23.3 Å². The minimum absolute atomic E-state index is 0.0142. The van der Waals surface area contributed by atoms with Crippen LogP contribution in [0.3, 0.4) is 0 Å². The highest BCUT2D eigenvalue weighted by Crippen LogP contribution is 2.19. The molecule has 0 unspecified atom stereocenters. The number of hydrogen-bond donors (Lipinski definition) is 0. The normalized spacial score (nSPS) is 10.2. The second-order valence-corrected chi connectivity index (χ2v) is 4.35. The van der Waals surface area contributed by atoms with Gasteiger partial charge in [-0.15, -0.1) is 23.2 Å². The van der Waals surface area contributed by atoms with Crippen molar-refractivity contribution in [1.29, 1.82) is 0 Å². The second kappa shape index (κ2) is 5.74. The Morgan fingerprint density at radius 2 is 2.00 bits per heavy atom. The molecule has 0 saturated carbocycles. The highest BCUT2D eigenvalue weighted by atomic mass is 79.9. The number of Topliss-reactive ketones (excluding diaryl/α,β-unsaturated/α-hetero) is 1. The smallest absolute Gasteiger partial charge is 0.151 e. The maximum Gasteiger partial charge on any atom is 0.151 e. The molecule has 0 aliphatic rings. The van der Waals surface area contributed by atoms with Gasteiger partial charge >= 0.3 is 0 Å². The Bertz CT molecular complexity index is 339. The Balaban J connectivity index is 2.90. The number of halogens is 3. The molecule has 0 aliphatic carbocycles. The predicted molar refractivity (Wildman–Crippen MR) is 63.1 cm³/mol. The quantitative estimate of drug-likeness (QED) is 0.777. The van der Waals surface area contributed by atoms with E-state index in [1.807, 2.05) is 18.2 Å². The number of alkyl halides is 2. The van der Waals surface area contributed by atoms with Gasteiger partial charge in [0.2, 0.25) is 0 Å². The van der Waals surface area contributed by atoms with Crippen LogP contribution in [0.5, 0.6) is 0 Å². The molecule has 0 saturated heterocycles. The number of benzene rings is 1. The molecule has 1 rings (SSSR count). The minimum atomic E-state index is 0.0142. The first-order valence-corrected chi connectivity index (χ1v) is 5.94. The summed E-state index contributed by atoms with van der Waals surface area (Å²) in [5.74, 6) is 0.475. The van der Waals surface area contributed by atoms with Gasteiger partial charge in [0.05, 0.1) is 5.88 Å². The molecular formula is C10H9BrCl2O. The lowest BCUT2D eigenvalue weighted by Gasteiger charge is -2.05. The summed E-state index contributed by atoms with van der Waals surface area (Å²) < 4.78 is 0.968. The lowest BCUT2D eigenvalue weighted by Crippen LogP contribution is -2.05. The van der Waals surface area contributed by atoms with Crippen molar-refractivity contribution in [2.45, 2.75) is 12.3 Å². The van der Waals surface area contributed by atoms with Gasteiger partial charge in [0.15, 0.2) is 5.78 Å². The van der Waals surface area contributed by atoms with Crippen molar-refractivity contribution in [3.63, 3.8) is 0 Å². The van der Waals surface area contributed by atoms with E-state index in [1.165, 1.54) is 0 Å². The third-order valence-electron chi connectivity index (χ3n) is 1.85. The number of carbonyl (C=O) groups is 1. The van der Waals surface area contributed by atoms with E-state index in [4.69, 9.17) is 23.2 Å². The van der Waals surface area contributed by atoms with Crippen LogP contribution in [0.1, 0.15) is 11.1 Å². The first-order chi connectivity index (χ1) is 6.67.